The lowest BCUT2D eigenvalue weighted by Crippen LogP contribution is -2.28. The topological polar surface area (TPSA) is 45.8 Å². The molecule has 0 saturated heterocycles. The molecule has 3 nitrogen and oxygen atoms in total. The van der Waals surface area contributed by atoms with Crippen molar-refractivity contribution in [3.8, 4) is 16.5 Å². The number of alkyl halides is 3. The van der Waals surface area contributed by atoms with Gasteiger partial charge in [-0.25, -0.2) is 0 Å². The van der Waals surface area contributed by atoms with Crippen molar-refractivity contribution in [1.29, 1.82) is 5.26 Å². The van der Waals surface area contributed by atoms with Crippen molar-refractivity contribution in [2.75, 3.05) is 0 Å². The Morgan fingerprint density at radius 2 is 1.93 bits per heavy atom. The van der Waals surface area contributed by atoms with Crippen LogP contribution < -0.4 is 5.56 Å². The Morgan fingerprint density at radius 3 is 2.46 bits per heavy atom. The summed E-state index contributed by atoms with van der Waals surface area (Å²) in [5.41, 5.74) is -3.01. The maximum Gasteiger partial charge on any atom is 0.418 e. The van der Waals surface area contributed by atoms with Gasteiger partial charge in [0.25, 0.3) is 5.56 Å². The average Bonchev–Trinajstić information content (AvgIpc) is 3.03. The van der Waals surface area contributed by atoms with Crippen LogP contribution in [0.4, 0.5) is 13.2 Å². The van der Waals surface area contributed by atoms with Gasteiger partial charge in [-0.3, -0.25) is 4.79 Å². The Balaban J connectivity index is 2.28. The van der Waals surface area contributed by atoms with Crippen LogP contribution in [-0.2, 0) is 12.7 Å². The van der Waals surface area contributed by atoms with E-state index in [0.717, 1.165) is 22.1 Å². The van der Waals surface area contributed by atoms with Crippen LogP contribution in [0.25, 0.3) is 10.4 Å². The highest BCUT2D eigenvalue weighted by atomic mass is 79.9. The number of nitriles is 1. The van der Waals surface area contributed by atoms with Gasteiger partial charge in [-0.05, 0) is 45.8 Å². The fraction of sp³-hybridized carbons (Fsp3) is 0.111. The smallest absolute Gasteiger partial charge is 0.309 e. The zero-order valence-corrected chi connectivity index (χ0v) is 17.6. The first-order valence-electron chi connectivity index (χ1n) is 7.56. The van der Waals surface area contributed by atoms with Gasteiger partial charge in [0.1, 0.15) is 11.6 Å². The van der Waals surface area contributed by atoms with E-state index in [1.807, 2.05) is 0 Å². The molecule has 144 valence electrons. The van der Waals surface area contributed by atoms with Crippen LogP contribution in [0.3, 0.4) is 0 Å². The van der Waals surface area contributed by atoms with Gasteiger partial charge < -0.3 is 4.57 Å². The van der Waals surface area contributed by atoms with E-state index in [1.54, 1.807) is 18.2 Å². The molecule has 0 unspecified atom stereocenters. The predicted octanol–water partition coefficient (Wildman–Crippen LogP) is 6.58. The van der Waals surface area contributed by atoms with E-state index in [1.165, 1.54) is 18.2 Å². The standard InChI is InChI=1S/C18H8BrCl2F3N2OS/c19-15-4-3-14(28-15)12-8-26(7-9-1-2-10(20)5-13(9)21)17(27)11(6-25)16(12)18(22,23)24/h1-5,8H,7H2. The molecule has 0 spiro atoms. The zero-order chi connectivity index (χ0) is 20.6. The molecular formula is C18H8BrCl2F3N2OS. The van der Waals surface area contributed by atoms with Crippen LogP contribution in [0, 0.1) is 11.3 Å². The zero-order valence-electron chi connectivity index (χ0n) is 13.6. The molecule has 10 heteroatoms. The van der Waals surface area contributed by atoms with Crippen LogP contribution in [0.1, 0.15) is 16.7 Å². The van der Waals surface area contributed by atoms with E-state index in [9.17, 15) is 23.2 Å². The fourth-order valence-electron chi connectivity index (χ4n) is 2.66. The summed E-state index contributed by atoms with van der Waals surface area (Å²) in [6.07, 6.45) is -3.76. The molecule has 2 aromatic heterocycles. The molecule has 0 aliphatic heterocycles. The summed E-state index contributed by atoms with van der Waals surface area (Å²) in [6.45, 7) is -0.110. The van der Waals surface area contributed by atoms with Gasteiger partial charge in [0, 0.05) is 26.7 Å². The first-order valence-corrected chi connectivity index (χ1v) is 9.92. The third-order valence-electron chi connectivity index (χ3n) is 3.87. The van der Waals surface area contributed by atoms with E-state index >= 15 is 0 Å². The van der Waals surface area contributed by atoms with Crippen LogP contribution in [0.5, 0.6) is 0 Å². The number of rotatable bonds is 3. The molecule has 0 radical (unpaired) electrons. The number of nitrogens with zero attached hydrogens (tertiary/aromatic N) is 2. The molecule has 0 aliphatic carbocycles. The largest absolute Gasteiger partial charge is 0.418 e. The molecule has 0 N–H and O–H groups in total. The lowest BCUT2D eigenvalue weighted by atomic mass is 10.0. The minimum absolute atomic E-state index is 0.110. The first kappa shape index (κ1) is 20.9. The van der Waals surface area contributed by atoms with Gasteiger partial charge in [0.05, 0.1) is 15.9 Å². The lowest BCUT2D eigenvalue weighted by molar-refractivity contribution is -0.137. The minimum atomic E-state index is -4.87. The van der Waals surface area contributed by atoms with Gasteiger partial charge in [0.15, 0.2) is 0 Å². The number of hydrogen-bond acceptors (Lipinski definition) is 3. The summed E-state index contributed by atoms with van der Waals surface area (Å²) in [6, 6.07) is 9.10. The van der Waals surface area contributed by atoms with Crippen molar-refractivity contribution >= 4 is 50.5 Å². The second kappa shape index (κ2) is 7.91. The Hall–Kier alpha value is -1.79. The van der Waals surface area contributed by atoms with Crippen molar-refractivity contribution in [3.63, 3.8) is 0 Å². The van der Waals surface area contributed by atoms with Crippen molar-refractivity contribution in [3.05, 3.63) is 77.4 Å². The Morgan fingerprint density at radius 1 is 1.21 bits per heavy atom. The molecule has 0 aliphatic rings. The number of thiophene rings is 1. The van der Waals surface area contributed by atoms with Crippen LogP contribution in [0.2, 0.25) is 10.0 Å². The Kier molecular flexibility index (Phi) is 5.92. The molecule has 2 heterocycles. The van der Waals surface area contributed by atoms with Crippen LogP contribution in [0.15, 0.2) is 45.1 Å². The molecule has 0 saturated carbocycles. The highest BCUT2D eigenvalue weighted by molar-refractivity contribution is 9.11. The molecule has 0 fully saturated rings. The van der Waals surface area contributed by atoms with Crippen molar-refractivity contribution in [1.82, 2.24) is 4.57 Å². The highest BCUT2D eigenvalue weighted by Crippen LogP contribution is 2.41. The molecule has 3 aromatic rings. The normalized spacial score (nSPS) is 11.5. The Labute approximate surface area is 179 Å². The second-order valence-corrected chi connectivity index (χ2v) is 8.98. The summed E-state index contributed by atoms with van der Waals surface area (Å²) in [5, 5.41) is 9.95. The molecule has 0 amide bonds. The second-order valence-electron chi connectivity index (χ2n) is 5.67. The molecule has 3 rings (SSSR count). The van der Waals surface area contributed by atoms with Gasteiger partial charge in [0.2, 0.25) is 0 Å². The maximum atomic E-state index is 13.7. The van der Waals surface area contributed by atoms with E-state index in [0.29, 0.717) is 14.4 Å². The molecule has 0 atom stereocenters. The minimum Gasteiger partial charge on any atom is -0.309 e. The summed E-state index contributed by atoms with van der Waals surface area (Å²) in [5.74, 6) is 0. The van der Waals surface area contributed by atoms with Gasteiger partial charge >= 0.3 is 6.18 Å². The summed E-state index contributed by atoms with van der Waals surface area (Å²) < 4.78 is 42.7. The van der Waals surface area contributed by atoms with Crippen LogP contribution >= 0.6 is 50.5 Å². The van der Waals surface area contributed by atoms with E-state index < -0.39 is 22.9 Å². The summed E-state index contributed by atoms with van der Waals surface area (Å²) >= 11 is 16.3. The van der Waals surface area contributed by atoms with Gasteiger partial charge in [-0.2, -0.15) is 18.4 Å². The maximum absolute atomic E-state index is 13.7. The van der Waals surface area contributed by atoms with E-state index in [4.69, 9.17) is 23.2 Å². The number of aromatic nitrogens is 1. The third kappa shape index (κ3) is 4.13. The summed E-state index contributed by atoms with van der Waals surface area (Å²) in [4.78, 5) is 12.9. The quantitative estimate of drug-likeness (QED) is 0.401. The van der Waals surface area contributed by atoms with E-state index in [-0.39, 0.29) is 22.0 Å². The SMILES string of the molecule is N#Cc1c(C(F)(F)F)c(-c2ccc(Br)s2)cn(Cc2ccc(Cl)cc2Cl)c1=O. The van der Waals surface area contributed by atoms with Gasteiger partial charge in [-0.15, -0.1) is 11.3 Å². The average molecular weight is 508 g/mol. The van der Waals surface area contributed by atoms with Crippen LogP contribution in [-0.4, -0.2) is 4.57 Å². The van der Waals surface area contributed by atoms with Crippen molar-refractivity contribution < 1.29 is 13.2 Å². The Bertz CT molecular complexity index is 1170. The highest BCUT2D eigenvalue weighted by Gasteiger charge is 2.39. The predicted molar refractivity (Wildman–Crippen MR) is 107 cm³/mol. The summed E-state index contributed by atoms with van der Waals surface area (Å²) in [7, 11) is 0. The lowest BCUT2D eigenvalue weighted by Gasteiger charge is -2.17. The molecule has 0 bridgehead atoms. The van der Waals surface area contributed by atoms with Crippen molar-refractivity contribution in [2.24, 2.45) is 0 Å². The number of pyridine rings is 1. The number of halogens is 6. The van der Waals surface area contributed by atoms with E-state index in [2.05, 4.69) is 15.9 Å². The first-order chi connectivity index (χ1) is 13.1. The monoisotopic (exact) mass is 506 g/mol. The van der Waals surface area contributed by atoms with Gasteiger partial charge in [-0.1, -0.05) is 29.3 Å². The fourth-order valence-corrected chi connectivity index (χ4v) is 4.53. The number of hydrogen-bond donors (Lipinski definition) is 0. The number of benzene rings is 1. The third-order valence-corrected chi connectivity index (χ3v) is 6.11. The molecule has 28 heavy (non-hydrogen) atoms. The molecular weight excluding hydrogens is 500 g/mol. The molecule has 1 aromatic carbocycles. The van der Waals surface area contributed by atoms with Crippen molar-refractivity contribution in [2.45, 2.75) is 12.7 Å².